The fourth-order valence-electron chi connectivity index (χ4n) is 5.91. The van der Waals surface area contributed by atoms with E-state index in [1.165, 1.54) is 18.3 Å². The molecule has 1 aliphatic carbocycles. The highest BCUT2D eigenvalue weighted by Gasteiger charge is 2.46. The van der Waals surface area contributed by atoms with Gasteiger partial charge in [-0.2, -0.15) is 0 Å². The molecule has 4 rings (SSSR count). The number of allylic oxidation sites excluding steroid dienone is 2. The van der Waals surface area contributed by atoms with Crippen LogP contribution in [0.15, 0.2) is 36.5 Å². The van der Waals surface area contributed by atoms with Crippen LogP contribution in [-0.2, 0) is 9.53 Å². The molecule has 1 atom stereocenters. The van der Waals surface area contributed by atoms with Crippen LogP contribution in [0.3, 0.4) is 0 Å². The Morgan fingerprint density at radius 1 is 1.14 bits per heavy atom. The number of benzene rings is 1. The number of alkyl carbamates (subject to hydrolysis) is 1. The van der Waals surface area contributed by atoms with Gasteiger partial charge >= 0.3 is 6.09 Å². The van der Waals surface area contributed by atoms with Crippen LogP contribution in [0.4, 0.5) is 9.18 Å². The van der Waals surface area contributed by atoms with E-state index in [1.54, 1.807) is 48.8 Å². The minimum absolute atomic E-state index is 0.0408. The molecule has 1 saturated carbocycles. The van der Waals surface area contributed by atoms with Crippen LogP contribution in [0.2, 0.25) is 0 Å². The molecule has 1 aromatic heterocycles. The number of nitrogens with zero attached hydrogens (tertiary/aromatic N) is 3. The maximum absolute atomic E-state index is 14.0. The molecule has 1 saturated heterocycles. The lowest BCUT2D eigenvalue weighted by atomic mass is 9.80. The Bertz CT molecular complexity index is 1400. The highest BCUT2D eigenvalue weighted by atomic mass is 19.1. The largest absolute Gasteiger partial charge is 0.444 e. The number of aromatic amines is 1. The second-order valence-electron chi connectivity index (χ2n) is 13.2. The fraction of sp³-hybridized carbons (Fsp3) is 0.545. The van der Waals surface area contributed by atoms with Crippen molar-refractivity contribution in [2.45, 2.75) is 90.8 Å². The van der Waals surface area contributed by atoms with Crippen LogP contribution < -0.4 is 10.7 Å². The zero-order chi connectivity index (χ0) is 32.2. The molecule has 0 bridgehead atoms. The highest BCUT2D eigenvalue weighted by Crippen LogP contribution is 2.32. The van der Waals surface area contributed by atoms with Crippen molar-refractivity contribution >= 4 is 29.2 Å². The first-order chi connectivity index (χ1) is 20.7. The SMILES string of the molecule is CC(C)/C(=C/C(=[NH2+])c1ccc(F)cc1)c1ncc(C(=O)N2CCN(C(=O)C3(NC(=O)OC(C)(C)C)CCCCC3)[C@@H](C)C2)[nH]1. The average Bonchev–Trinajstić information content (AvgIpc) is 3.44. The van der Waals surface area contributed by atoms with Crippen LogP contribution >= 0.6 is 0 Å². The summed E-state index contributed by atoms with van der Waals surface area (Å²) in [6.45, 7) is 12.4. The van der Waals surface area contributed by atoms with Crippen molar-refractivity contribution in [1.29, 1.82) is 0 Å². The van der Waals surface area contributed by atoms with Crippen molar-refractivity contribution in [1.82, 2.24) is 25.1 Å². The van der Waals surface area contributed by atoms with Gasteiger partial charge in [-0.25, -0.2) is 14.2 Å². The molecule has 2 aliphatic rings. The number of amides is 3. The monoisotopic (exact) mass is 609 g/mol. The van der Waals surface area contributed by atoms with E-state index in [0.29, 0.717) is 55.3 Å². The third-order valence-electron chi connectivity index (χ3n) is 8.22. The van der Waals surface area contributed by atoms with Gasteiger partial charge in [-0.1, -0.05) is 33.1 Å². The van der Waals surface area contributed by atoms with E-state index >= 15 is 0 Å². The molecule has 11 heteroatoms. The zero-order valence-corrected chi connectivity index (χ0v) is 26.7. The molecular weight excluding hydrogens is 563 g/mol. The number of imidazole rings is 1. The van der Waals surface area contributed by atoms with Crippen LogP contribution in [0.1, 0.15) is 95.5 Å². The van der Waals surface area contributed by atoms with Crippen LogP contribution in [0, 0.1) is 11.7 Å². The molecular formula is C33H46FN6O4+. The molecule has 0 spiro atoms. The minimum Gasteiger partial charge on any atom is -0.444 e. The number of hydrogen-bond donors (Lipinski definition) is 3. The molecule has 238 valence electrons. The molecule has 0 unspecified atom stereocenters. The maximum atomic E-state index is 14.0. The van der Waals surface area contributed by atoms with Gasteiger partial charge in [0, 0.05) is 42.9 Å². The fourth-order valence-corrected chi connectivity index (χ4v) is 5.91. The Hall–Kier alpha value is -4.02. The summed E-state index contributed by atoms with van der Waals surface area (Å²) in [6.07, 6.45) is 6.55. The molecule has 2 aromatic rings. The topological polar surface area (TPSA) is 133 Å². The summed E-state index contributed by atoms with van der Waals surface area (Å²) in [6, 6.07) is 5.69. The van der Waals surface area contributed by atoms with Crippen LogP contribution in [-0.4, -0.2) is 80.2 Å². The number of nitrogens with one attached hydrogen (secondary N) is 2. The van der Waals surface area contributed by atoms with Crippen molar-refractivity contribution in [3.05, 3.63) is 59.4 Å². The average molecular weight is 610 g/mol. The van der Waals surface area contributed by atoms with Gasteiger partial charge in [-0.15, -0.1) is 0 Å². The van der Waals surface area contributed by atoms with E-state index in [-0.39, 0.29) is 29.6 Å². The van der Waals surface area contributed by atoms with Gasteiger partial charge in [0.05, 0.1) is 6.20 Å². The molecule has 4 N–H and O–H groups in total. The summed E-state index contributed by atoms with van der Waals surface area (Å²) >= 11 is 0. The second kappa shape index (κ2) is 13.3. The van der Waals surface area contributed by atoms with Crippen molar-refractivity contribution in [3.8, 4) is 0 Å². The zero-order valence-electron chi connectivity index (χ0n) is 26.7. The van der Waals surface area contributed by atoms with Gasteiger partial charge in [0.2, 0.25) is 11.6 Å². The van der Waals surface area contributed by atoms with E-state index in [2.05, 4.69) is 15.3 Å². The minimum atomic E-state index is -1.01. The van der Waals surface area contributed by atoms with E-state index in [9.17, 15) is 18.8 Å². The summed E-state index contributed by atoms with van der Waals surface area (Å²) in [5.74, 6) is -0.0928. The number of ether oxygens (including phenoxy) is 1. The third kappa shape index (κ3) is 7.73. The number of halogens is 1. The maximum Gasteiger partial charge on any atom is 0.408 e. The Morgan fingerprint density at radius 3 is 2.39 bits per heavy atom. The first kappa shape index (κ1) is 32.9. The van der Waals surface area contributed by atoms with E-state index < -0.39 is 17.2 Å². The third-order valence-corrected chi connectivity index (χ3v) is 8.22. The number of hydrogen-bond acceptors (Lipinski definition) is 5. The number of rotatable bonds is 7. The lowest BCUT2D eigenvalue weighted by molar-refractivity contribution is -0.144. The number of H-pyrrole nitrogens is 1. The van der Waals surface area contributed by atoms with Gasteiger partial charge in [0.25, 0.3) is 5.91 Å². The van der Waals surface area contributed by atoms with Crippen molar-refractivity contribution in [2.24, 2.45) is 5.92 Å². The Kier molecular flexibility index (Phi) is 9.95. The number of carbonyl (C=O) groups is 3. The smallest absolute Gasteiger partial charge is 0.408 e. The Balaban J connectivity index is 1.45. The molecule has 44 heavy (non-hydrogen) atoms. The van der Waals surface area contributed by atoms with Gasteiger partial charge in [-0.3, -0.25) is 15.0 Å². The van der Waals surface area contributed by atoms with E-state index in [4.69, 9.17) is 10.1 Å². The van der Waals surface area contributed by atoms with E-state index in [1.807, 2.05) is 20.8 Å². The Labute approximate surface area is 258 Å². The summed E-state index contributed by atoms with van der Waals surface area (Å²) in [5, 5.41) is 9.25. The molecule has 3 amide bonds. The summed E-state index contributed by atoms with van der Waals surface area (Å²) < 4.78 is 18.9. The van der Waals surface area contributed by atoms with E-state index in [0.717, 1.165) is 24.8 Å². The standard InChI is InChI=1S/C33H45FN6O4/c1-21(2)25(18-26(35)23-10-12-24(34)13-11-23)28-36-19-27(37-28)29(41)39-16-17-40(22(3)20-39)30(42)33(14-8-7-9-15-33)38-31(43)44-32(4,5)6/h10-13,18-19,21-22,35H,7-9,14-17,20H2,1-6H3,(H,36,37)(H,38,43)/p+1/b25-18-,35-26?/t22-/m0/s1. The van der Waals surface area contributed by atoms with Crippen LogP contribution in [0.25, 0.3) is 5.57 Å². The normalized spacial score (nSPS) is 19.1. The second-order valence-corrected chi connectivity index (χ2v) is 13.2. The predicted octanol–water partition coefficient (Wildman–Crippen LogP) is 3.74. The summed E-state index contributed by atoms with van der Waals surface area (Å²) in [4.78, 5) is 51.4. The first-order valence-corrected chi connectivity index (χ1v) is 15.5. The summed E-state index contributed by atoms with van der Waals surface area (Å²) in [5.41, 5.74) is 0.619. The molecule has 0 radical (unpaired) electrons. The van der Waals surface area contributed by atoms with Crippen molar-refractivity contribution in [2.75, 3.05) is 19.6 Å². The molecule has 10 nitrogen and oxygen atoms in total. The molecule has 2 heterocycles. The lowest BCUT2D eigenvalue weighted by Gasteiger charge is -2.46. The summed E-state index contributed by atoms with van der Waals surface area (Å²) in [7, 11) is 0. The van der Waals surface area contributed by atoms with Gasteiger partial charge in [0.15, 0.2) is 0 Å². The Morgan fingerprint density at radius 2 is 1.80 bits per heavy atom. The first-order valence-electron chi connectivity index (χ1n) is 15.5. The van der Waals surface area contributed by atoms with Gasteiger partial charge in [0.1, 0.15) is 28.5 Å². The quantitative estimate of drug-likeness (QED) is 0.412. The predicted molar refractivity (Wildman–Crippen MR) is 166 cm³/mol. The molecule has 2 fully saturated rings. The molecule has 1 aliphatic heterocycles. The number of nitrogens with two attached hydrogens (primary N) is 1. The van der Waals surface area contributed by atoms with Crippen molar-refractivity contribution in [3.63, 3.8) is 0 Å². The molecule has 1 aromatic carbocycles. The van der Waals surface area contributed by atoms with Gasteiger partial charge < -0.3 is 24.8 Å². The number of aromatic nitrogens is 2. The van der Waals surface area contributed by atoms with Gasteiger partial charge in [-0.05, 0) is 70.7 Å². The lowest BCUT2D eigenvalue weighted by Crippen LogP contribution is -2.65. The van der Waals surface area contributed by atoms with Crippen molar-refractivity contribution < 1.29 is 28.9 Å². The highest BCUT2D eigenvalue weighted by molar-refractivity contribution is 6.08. The number of carbonyl (C=O) groups excluding carboxylic acids is 3. The number of piperazine rings is 1. The van der Waals surface area contributed by atoms with Crippen LogP contribution in [0.5, 0.6) is 0 Å².